The zero-order chi connectivity index (χ0) is 12.8. The van der Waals surface area contributed by atoms with Crippen molar-refractivity contribution in [2.75, 3.05) is 13.1 Å². The van der Waals surface area contributed by atoms with E-state index in [9.17, 15) is 0 Å². The fraction of sp³-hybridized carbons (Fsp3) is 0.429. The zero-order valence-electron chi connectivity index (χ0n) is 10.7. The molecule has 0 radical (unpaired) electrons. The Labute approximate surface area is 109 Å². The van der Waals surface area contributed by atoms with Gasteiger partial charge in [0.15, 0.2) is 0 Å². The number of halogens is 1. The van der Waals surface area contributed by atoms with Crippen LogP contribution < -0.4 is 10.1 Å². The number of benzene rings is 1. The molecule has 0 aliphatic heterocycles. The van der Waals surface area contributed by atoms with Crippen LogP contribution in [0.4, 0.5) is 0 Å². The van der Waals surface area contributed by atoms with Gasteiger partial charge in [-0.1, -0.05) is 17.7 Å². The van der Waals surface area contributed by atoms with Crippen molar-refractivity contribution in [2.45, 2.75) is 26.9 Å². The Balaban J connectivity index is 2.59. The molecule has 94 valence electrons. The number of rotatable bonds is 6. The van der Waals surface area contributed by atoms with Crippen molar-refractivity contribution >= 4 is 11.6 Å². The van der Waals surface area contributed by atoms with E-state index in [0.29, 0.717) is 0 Å². The lowest BCUT2D eigenvalue weighted by Gasteiger charge is -2.16. The van der Waals surface area contributed by atoms with Crippen molar-refractivity contribution in [3.63, 3.8) is 0 Å². The molecule has 0 heterocycles. The van der Waals surface area contributed by atoms with Gasteiger partial charge in [-0.05, 0) is 44.0 Å². The van der Waals surface area contributed by atoms with Gasteiger partial charge in [-0.25, -0.2) is 0 Å². The molecule has 0 saturated heterocycles. The third-order valence-corrected chi connectivity index (χ3v) is 3.06. The van der Waals surface area contributed by atoms with Crippen molar-refractivity contribution in [3.8, 4) is 5.75 Å². The normalized spacial score (nSPS) is 12.2. The highest BCUT2D eigenvalue weighted by Gasteiger charge is 2.07. The van der Waals surface area contributed by atoms with Crippen LogP contribution in [0.3, 0.4) is 0 Å². The molecule has 1 atom stereocenters. The minimum Gasteiger partial charge on any atom is -0.489 e. The third-order valence-electron chi connectivity index (χ3n) is 2.47. The van der Waals surface area contributed by atoms with Crippen LogP contribution in [0.15, 0.2) is 24.8 Å². The number of nitrogens with one attached hydrogen (secondary N) is 1. The fourth-order valence-corrected chi connectivity index (χ4v) is 1.75. The van der Waals surface area contributed by atoms with E-state index in [1.54, 1.807) is 0 Å². The average molecular weight is 254 g/mol. The van der Waals surface area contributed by atoms with E-state index in [-0.39, 0.29) is 6.10 Å². The molecule has 2 nitrogen and oxygen atoms in total. The summed E-state index contributed by atoms with van der Waals surface area (Å²) in [5.41, 5.74) is 2.10. The first-order valence-electron chi connectivity index (χ1n) is 5.79. The van der Waals surface area contributed by atoms with Crippen molar-refractivity contribution in [3.05, 3.63) is 40.9 Å². The lowest BCUT2D eigenvalue weighted by atomic mass is 10.1. The molecule has 1 aromatic carbocycles. The predicted molar refractivity (Wildman–Crippen MR) is 74.1 cm³/mol. The van der Waals surface area contributed by atoms with Gasteiger partial charge in [-0.3, -0.25) is 0 Å². The molecule has 0 saturated carbocycles. The van der Waals surface area contributed by atoms with Crippen LogP contribution in [0, 0.1) is 13.8 Å². The molecule has 1 rings (SSSR count). The molecule has 1 unspecified atom stereocenters. The summed E-state index contributed by atoms with van der Waals surface area (Å²) in [6.45, 7) is 11.3. The number of hydrogen-bond acceptors (Lipinski definition) is 2. The molecule has 0 aromatic heterocycles. The average Bonchev–Trinajstić information content (AvgIpc) is 2.26. The van der Waals surface area contributed by atoms with Crippen LogP contribution in [0.5, 0.6) is 5.75 Å². The Kier molecular flexibility index (Phi) is 5.52. The van der Waals surface area contributed by atoms with Gasteiger partial charge in [0.2, 0.25) is 0 Å². The lowest BCUT2D eigenvalue weighted by molar-refractivity contribution is 0.219. The van der Waals surface area contributed by atoms with E-state index in [1.165, 1.54) is 0 Å². The second-order valence-electron chi connectivity index (χ2n) is 4.25. The molecule has 0 fully saturated rings. The SMILES string of the molecule is C=CCNCC(C)Oc1cc(C)c(Cl)c(C)c1. The maximum atomic E-state index is 6.11. The highest BCUT2D eigenvalue weighted by molar-refractivity contribution is 6.32. The van der Waals surface area contributed by atoms with Crippen LogP contribution >= 0.6 is 11.6 Å². The third kappa shape index (κ3) is 4.41. The zero-order valence-corrected chi connectivity index (χ0v) is 11.5. The monoisotopic (exact) mass is 253 g/mol. The van der Waals surface area contributed by atoms with Gasteiger partial charge in [-0.2, -0.15) is 0 Å². The van der Waals surface area contributed by atoms with Gasteiger partial charge in [-0.15, -0.1) is 6.58 Å². The molecule has 0 bridgehead atoms. The molecule has 1 N–H and O–H groups in total. The van der Waals surface area contributed by atoms with Crippen molar-refractivity contribution < 1.29 is 4.74 Å². The van der Waals surface area contributed by atoms with Gasteiger partial charge in [0.25, 0.3) is 0 Å². The van der Waals surface area contributed by atoms with Gasteiger partial charge in [0.1, 0.15) is 11.9 Å². The van der Waals surface area contributed by atoms with E-state index >= 15 is 0 Å². The second kappa shape index (κ2) is 6.67. The Morgan fingerprint density at radius 2 is 2.00 bits per heavy atom. The summed E-state index contributed by atoms with van der Waals surface area (Å²) in [4.78, 5) is 0. The van der Waals surface area contributed by atoms with Crippen LogP contribution in [-0.2, 0) is 0 Å². The van der Waals surface area contributed by atoms with Crippen molar-refractivity contribution in [1.29, 1.82) is 0 Å². The molecule has 0 spiro atoms. The molecule has 0 aliphatic rings. The first-order valence-corrected chi connectivity index (χ1v) is 6.17. The van der Waals surface area contributed by atoms with Gasteiger partial charge in [0, 0.05) is 18.1 Å². The highest BCUT2D eigenvalue weighted by atomic mass is 35.5. The Morgan fingerprint density at radius 1 is 1.41 bits per heavy atom. The molecular weight excluding hydrogens is 234 g/mol. The summed E-state index contributed by atoms with van der Waals surface area (Å²) in [6, 6.07) is 3.94. The van der Waals surface area contributed by atoms with E-state index < -0.39 is 0 Å². The maximum Gasteiger partial charge on any atom is 0.120 e. The van der Waals surface area contributed by atoms with Crippen LogP contribution in [0.1, 0.15) is 18.1 Å². The number of hydrogen-bond donors (Lipinski definition) is 1. The topological polar surface area (TPSA) is 21.3 Å². The van der Waals surface area contributed by atoms with E-state index in [0.717, 1.165) is 35.0 Å². The summed E-state index contributed by atoms with van der Waals surface area (Å²) < 4.78 is 5.82. The van der Waals surface area contributed by atoms with E-state index in [1.807, 2.05) is 39.0 Å². The standard InChI is InChI=1S/C14H20ClNO/c1-5-6-16-9-12(4)17-13-7-10(2)14(15)11(3)8-13/h5,7-8,12,16H,1,6,9H2,2-4H3. The van der Waals surface area contributed by atoms with Crippen molar-refractivity contribution in [1.82, 2.24) is 5.32 Å². The van der Waals surface area contributed by atoms with E-state index in [2.05, 4.69) is 11.9 Å². The molecule has 0 amide bonds. The summed E-state index contributed by atoms with van der Waals surface area (Å²) >= 11 is 6.11. The Bertz CT molecular complexity index is 367. The predicted octanol–water partition coefficient (Wildman–Crippen LogP) is 3.50. The molecule has 1 aromatic rings. The molecule has 0 aliphatic carbocycles. The van der Waals surface area contributed by atoms with Gasteiger partial charge in [0.05, 0.1) is 0 Å². The largest absolute Gasteiger partial charge is 0.489 e. The summed E-state index contributed by atoms with van der Waals surface area (Å²) in [5, 5.41) is 4.04. The first-order chi connectivity index (χ1) is 8.04. The lowest BCUT2D eigenvalue weighted by Crippen LogP contribution is -2.28. The summed E-state index contributed by atoms with van der Waals surface area (Å²) in [6.07, 6.45) is 1.96. The van der Waals surface area contributed by atoms with Crippen LogP contribution in [0.25, 0.3) is 0 Å². The van der Waals surface area contributed by atoms with Gasteiger partial charge < -0.3 is 10.1 Å². The number of ether oxygens (including phenoxy) is 1. The second-order valence-corrected chi connectivity index (χ2v) is 4.62. The Morgan fingerprint density at radius 3 is 2.53 bits per heavy atom. The smallest absolute Gasteiger partial charge is 0.120 e. The Hall–Kier alpha value is -0.990. The molecule has 17 heavy (non-hydrogen) atoms. The molecular formula is C14H20ClNO. The maximum absolute atomic E-state index is 6.11. The van der Waals surface area contributed by atoms with Gasteiger partial charge >= 0.3 is 0 Å². The summed E-state index contributed by atoms with van der Waals surface area (Å²) in [7, 11) is 0. The first kappa shape index (κ1) is 14.1. The summed E-state index contributed by atoms with van der Waals surface area (Å²) in [5.74, 6) is 0.873. The van der Waals surface area contributed by atoms with Crippen molar-refractivity contribution in [2.24, 2.45) is 0 Å². The minimum absolute atomic E-state index is 0.120. The molecule has 3 heteroatoms. The van der Waals surface area contributed by atoms with Crippen LogP contribution in [0.2, 0.25) is 5.02 Å². The highest BCUT2D eigenvalue weighted by Crippen LogP contribution is 2.26. The quantitative estimate of drug-likeness (QED) is 0.619. The van der Waals surface area contributed by atoms with Crippen LogP contribution in [-0.4, -0.2) is 19.2 Å². The number of aryl methyl sites for hydroxylation is 2. The fourth-order valence-electron chi connectivity index (χ4n) is 1.64. The minimum atomic E-state index is 0.120. The van der Waals surface area contributed by atoms with E-state index in [4.69, 9.17) is 16.3 Å².